The second kappa shape index (κ2) is 9.81. The first-order chi connectivity index (χ1) is 14.5. The maximum atomic E-state index is 13.9. The molecule has 170 valence electrons. The molecule has 8 nitrogen and oxygen atoms in total. The van der Waals surface area contributed by atoms with Gasteiger partial charge >= 0.3 is 11.8 Å². The number of benzene rings is 2. The van der Waals surface area contributed by atoms with Crippen LogP contribution in [0.5, 0.6) is 11.5 Å². The zero-order valence-electron chi connectivity index (χ0n) is 16.5. The van der Waals surface area contributed by atoms with Crippen molar-refractivity contribution in [3.63, 3.8) is 0 Å². The largest absolute Gasteiger partial charge is 0.497 e. The van der Waals surface area contributed by atoms with E-state index in [-0.39, 0.29) is 29.3 Å². The number of carbonyl (C=O) groups excluding carboxylic acids is 1. The zero-order chi connectivity index (χ0) is 23.2. The molecule has 0 aliphatic carbocycles. The van der Waals surface area contributed by atoms with E-state index in [9.17, 15) is 27.6 Å². The van der Waals surface area contributed by atoms with Crippen LogP contribution in [0.2, 0.25) is 0 Å². The summed E-state index contributed by atoms with van der Waals surface area (Å²) in [5, 5.41) is 11.6. The summed E-state index contributed by atoms with van der Waals surface area (Å²) in [6.45, 7) is -3.13. The molecular formula is C19H23F4N4O4+. The van der Waals surface area contributed by atoms with E-state index in [1.165, 1.54) is 7.11 Å². The smallest absolute Gasteiger partial charge is 0.328 e. The normalized spacial score (nSPS) is 11.8. The number of hydrogen-bond acceptors (Lipinski definition) is 6. The summed E-state index contributed by atoms with van der Waals surface area (Å²) in [5.74, 6) is -9.38. The molecule has 31 heavy (non-hydrogen) atoms. The highest BCUT2D eigenvalue weighted by molar-refractivity contribution is 5.95. The summed E-state index contributed by atoms with van der Waals surface area (Å²) in [5.41, 5.74) is 10.7. The van der Waals surface area contributed by atoms with Crippen LogP contribution in [-0.4, -0.2) is 43.2 Å². The Kier molecular flexibility index (Phi) is 7.65. The first-order valence-corrected chi connectivity index (χ1v) is 8.95. The number of carbonyl (C=O) groups is 1. The van der Waals surface area contributed by atoms with E-state index in [4.69, 9.17) is 20.9 Å². The summed E-state index contributed by atoms with van der Waals surface area (Å²) in [6, 6.07) is 8.95. The lowest BCUT2D eigenvalue weighted by atomic mass is 10.1. The lowest BCUT2D eigenvalue weighted by Gasteiger charge is -2.26. The number of ether oxygens (including phenoxy) is 2. The number of amides is 1. The van der Waals surface area contributed by atoms with Crippen molar-refractivity contribution in [2.24, 2.45) is 11.5 Å². The number of rotatable bonds is 11. The quantitative estimate of drug-likeness (QED) is 0.202. The number of methoxy groups -OCH3 is 1. The van der Waals surface area contributed by atoms with Gasteiger partial charge in [-0.1, -0.05) is 12.1 Å². The number of primary amides is 1. The Labute approximate surface area is 175 Å². The number of nitrogens with two attached hydrogens (primary N) is 3. The van der Waals surface area contributed by atoms with Gasteiger partial charge in [0, 0.05) is 11.6 Å². The van der Waals surface area contributed by atoms with Crippen LogP contribution < -0.4 is 31.7 Å². The van der Waals surface area contributed by atoms with E-state index in [2.05, 4.69) is 5.32 Å². The Morgan fingerprint density at radius 2 is 1.81 bits per heavy atom. The highest BCUT2D eigenvalue weighted by Gasteiger charge is 2.55. The molecule has 2 aromatic rings. The van der Waals surface area contributed by atoms with Gasteiger partial charge in [0.05, 0.1) is 20.2 Å². The van der Waals surface area contributed by atoms with Gasteiger partial charge in [-0.15, -0.1) is 0 Å². The fraction of sp³-hybridized carbons (Fsp3) is 0.316. The van der Waals surface area contributed by atoms with Crippen LogP contribution in [0.15, 0.2) is 36.4 Å². The minimum absolute atomic E-state index is 0.0683. The fourth-order valence-electron chi connectivity index (χ4n) is 2.54. The maximum Gasteiger partial charge on any atom is 0.328 e. The predicted molar refractivity (Wildman–Crippen MR) is 103 cm³/mol. The summed E-state index contributed by atoms with van der Waals surface area (Å²) < 4.78 is 65.3. The molecule has 0 heterocycles. The average Bonchev–Trinajstić information content (AvgIpc) is 2.75. The van der Waals surface area contributed by atoms with E-state index in [0.717, 1.165) is 12.1 Å². The second-order valence-electron chi connectivity index (χ2n) is 6.54. The van der Waals surface area contributed by atoms with Gasteiger partial charge in [-0.2, -0.15) is 23.0 Å². The van der Waals surface area contributed by atoms with Crippen LogP contribution in [0.3, 0.4) is 0 Å². The molecular weight excluding hydrogens is 424 g/mol. The molecule has 12 heteroatoms. The molecule has 0 radical (unpaired) electrons. The summed E-state index contributed by atoms with van der Waals surface area (Å²) in [7, 11) is 1.50. The molecule has 2 rings (SSSR count). The van der Waals surface area contributed by atoms with E-state index < -0.39 is 30.8 Å². The molecule has 0 aromatic heterocycles. The van der Waals surface area contributed by atoms with Crippen molar-refractivity contribution < 1.29 is 42.5 Å². The van der Waals surface area contributed by atoms with Gasteiger partial charge < -0.3 is 26.3 Å². The molecule has 0 bridgehead atoms. The first-order valence-electron chi connectivity index (χ1n) is 8.95. The van der Waals surface area contributed by atoms with Crippen molar-refractivity contribution >= 4 is 17.3 Å². The Hall–Kier alpha value is -3.09. The van der Waals surface area contributed by atoms with Crippen molar-refractivity contribution in [2.75, 3.05) is 25.5 Å². The number of quaternary nitrogens is 1. The molecule has 0 saturated heterocycles. The molecule has 8 N–H and O–H groups in total. The van der Waals surface area contributed by atoms with Gasteiger partial charge in [0.15, 0.2) is 5.69 Å². The van der Waals surface area contributed by atoms with Crippen molar-refractivity contribution in [2.45, 2.75) is 18.5 Å². The fourth-order valence-corrected chi connectivity index (χ4v) is 2.54. The number of alkyl halides is 4. The lowest BCUT2D eigenvalue weighted by Crippen LogP contribution is -2.74. The van der Waals surface area contributed by atoms with Gasteiger partial charge in [-0.05, 0) is 23.8 Å². The van der Waals surface area contributed by atoms with Crippen LogP contribution in [0, 0.1) is 0 Å². The monoisotopic (exact) mass is 447 g/mol. The van der Waals surface area contributed by atoms with Crippen LogP contribution in [0.4, 0.5) is 28.9 Å². The Balaban J connectivity index is 2.34. The molecule has 0 aliphatic rings. The first kappa shape index (κ1) is 24.2. The topological polar surface area (TPSA) is 136 Å². The number of hydrogen-bond donors (Lipinski definition) is 5. The molecule has 0 fully saturated rings. The lowest BCUT2D eigenvalue weighted by molar-refractivity contribution is -0.825. The van der Waals surface area contributed by atoms with Crippen LogP contribution in [-0.2, 0) is 6.61 Å². The van der Waals surface area contributed by atoms with Crippen LogP contribution >= 0.6 is 0 Å². The molecule has 1 amide bonds. The van der Waals surface area contributed by atoms with E-state index in [0.29, 0.717) is 16.8 Å². The Bertz CT molecular complexity index is 911. The van der Waals surface area contributed by atoms with Crippen molar-refractivity contribution in [1.82, 2.24) is 0 Å². The Morgan fingerprint density at radius 1 is 1.16 bits per heavy atom. The predicted octanol–water partition coefficient (Wildman–Crippen LogP) is 1.60. The number of nitrogens with one attached hydrogen (secondary N) is 1. The van der Waals surface area contributed by atoms with E-state index in [1.54, 1.807) is 24.3 Å². The standard InChI is InChI=1S/C19H22F4N4O4/c1-30-13-4-2-11(3-5-13)8-31-15-7-12(17(25)28)6-14(27-29)16(15)26-10-19(22,23)18(20,21)9-24/h2-7,26-27,29H,8-10,24H2,1H3,(H2,25,28)/p+1. The summed E-state index contributed by atoms with van der Waals surface area (Å²) in [4.78, 5) is 11.6. The van der Waals surface area contributed by atoms with Crippen LogP contribution in [0.1, 0.15) is 15.9 Å². The molecule has 2 aromatic carbocycles. The van der Waals surface area contributed by atoms with E-state index in [1.807, 2.05) is 0 Å². The third-order valence-electron chi connectivity index (χ3n) is 4.39. The highest BCUT2D eigenvalue weighted by atomic mass is 19.3. The van der Waals surface area contributed by atoms with Crippen molar-refractivity contribution in [1.29, 1.82) is 0 Å². The van der Waals surface area contributed by atoms with Gasteiger partial charge in [-0.25, -0.2) is 5.21 Å². The van der Waals surface area contributed by atoms with Crippen molar-refractivity contribution in [3.8, 4) is 11.5 Å². The minimum atomic E-state index is -4.50. The van der Waals surface area contributed by atoms with Crippen molar-refractivity contribution in [3.05, 3.63) is 47.5 Å². The molecule has 0 aliphatic heterocycles. The molecule has 0 unspecified atom stereocenters. The molecule has 0 spiro atoms. The van der Waals surface area contributed by atoms with Gasteiger partial charge in [0.2, 0.25) is 5.91 Å². The number of anilines is 1. The highest BCUT2D eigenvalue weighted by Crippen LogP contribution is 2.37. The summed E-state index contributed by atoms with van der Waals surface area (Å²) in [6.07, 6.45) is 0. The third-order valence-corrected chi connectivity index (χ3v) is 4.39. The van der Waals surface area contributed by atoms with Gasteiger partial charge in [0.1, 0.15) is 23.8 Å². The van der Waals surface area contributed by atoms with Crippen LogP contribution in [0.25, 0.3) is 0 Å². The average molecular weight is 447 g/mol. The maximum absolute atomic E-state index is 13.9. The SMILES string of the molecule is COc1ccc(COc2cc(C(N)=O)cc([NH2+]O)c2NCC(F)(F)C(F)(F)CN)cc1. The molecule has 0 atom stereocenters. The second-order valence-corrected chi connectivity index (χ2v) is 6.54. The van der Waals surface area contributed by atoms with Gasteiger partial charge in [-0.3, -0.25) is 4.79 Å². The molecule has 0 saturated carbocycles. The van der Waals surface area contributed by atoms with E-state index >= 15 is 0 Å². The minimum Gasteiger partial charge on any atom is -0.497 e. The summed E-state index contributed by atoms with van der Waals surface area (Å²) >= 11 is 0. The van der Waals surface area contributed by atoms with Gasteiger partial charge in [0.25, 0.3) is 0 Å². The zero-order valence-corrected chi connectivity index (χ0v) is 16.5. The number of halogens is 4. The Morgan fingerprint density at radius 3 is 2.32 bits per heavy atom. The third kappa shape index (κ3) is 5.75.